The highest BCUT2D eigenvalue weighted by molar-refractivity contribution is 4.96. The predicted octanol–water partition coefficient (Wildman–Crippen LogP) is 2.00. The van der Waals surface area contributed by atoms with E-state index in [2.05, 4.69) is 37.9 Å². The molecule has 0 aliphatic carbocycles. The quantitative estimate of drug-likeness (QED) is 0.478. The molecule has 0 unspecified atom stereocenters. The van der Waals surface area contributed by atoms with Gasteiger partial charge in [0.2, 0.25) is 0 Å². The molecule has 0 radical (unpaired) electrons. The summed E-state index contributed by atoms with van der Waals surface area (Å²) in [4.78, 5) is 2.37. The van der Waals surface area contributed by atoms with Gasteiger partial charge in [0.25, 0.3) is 0 Å². The fourth-order valence-corrected chi connectivity index (χ4v) is 1.05. The third-order valence-corrected chi connectivity index (χ3v) is 1.68. The molecule has 0 saturated carbocycles. The number of hydrogen-bond acceptors (Lipinski definition) is 1. The Labute approximate surface area is 57.4 Å². The highest BCUT2D eigenvalue weighted by Crippen LogP contribution is 2.17. The van der Waals surface area contributed by atoms with E-state index in [0.29, 0.717) is 5.54 Å². The maximum atomic E-state index is 2.37. The Balaban J connectivity index is 2.53. The molecule has 9 heavy (non-hydrogen) atoms. The highest BCUT2D eigenvalue weighted by atomic mass is 15.2. The summed E-state index contributed by atoms with van der Waals surface area (Å²) < 4.78 is 0. The summed E-state index contributed by atoms with van der Waals surface area (Å²) in [5.41, 5.74) is 0.326. The molecule has 1 nitrogen and oxygen atoms in total. The topological polar surface area (TPSA) is 3.24 Å². The van der Waals surface area contributed by atoms with Crippen LogP contribution >= 0.6 is 0 Å². The number of hydrogen-bond donors (Lipinski definition) is 0. The van der Waals surface area contributed by atoms with Crippen LogP contribution in [-0.4, -0.2) is 17.0 Å². The van der Waals surface area contributed by atoms with Gasteiger partial charge in [0.15, 0.2) is 0 Å². The van der Waals surface area contributed by atoms with Crippen LogP contribution in [0, 0.1) is 0 Å². The van der Waals surface area contributed by atoms with E-state index in [9.17, 15) is 0 Å². The zero-order chi connectivity index (χ0) is 6.91. The van der Waals surface area contributed by atoms with Gasteiger partial charge < -0.3 is 4.90 Å². The molecular formula is C8H15N. The van der Waals surface area contributed by atoms with Gasteiger partial charge in [0.1, 0.15) is 0 Å². The molecule has 1 heterocycles. The van der Waals surface area contributed by atoms with Crippen LogP contribution in [0.15, 0.2) is 12.3 Å². The van der Waals surface area contributed by atoms with E-state index < -0.39 is 0 Å². The summed E-state index contributed by atoms with van der Waals surface area (Å²) >= 11 is 0. The minimum absolute atomic E-state index is 0.326. The van der Waals surface area contributed by atoms with E-state index in [1.54, 1.807) is 0 Å². The molecule has 0 saturated heterocycles. The Morgan fingerprint density at radius 2 is 2.00 bits per heavy atom. The summed E-state index contributed by atoms with van der Waals surface area (Å²) in [6.07, 6.45) is 5.64. The van der Waals surface area contributed by atoms with Crippen molar-refractivity contribution in [1.29, 1.82) is 0 Å². The Morgan fingerprint density at radius 3 is 2.22 bits per heavy atom. The molecule has 0 spiro atoms. The van der Waals surface area contributed by atoms with Gasteiger partial charge in [-0.05, 0) is 33.4 Å². The Bertz CT molecular complexity index is 119. The molecule has 0 aromatic rings. The number of rotatable bonds is 0. The lowest BCUT2D eigenvalue weighted by molar-refractivity contribution is 0.222. The summed E-state index contributed by atoms with van der Waals surface area (Å²) in [6, 6.07) is 0. The van der Waals surface area contributed by atoms with Crippen LogP contribution in [0.25, 0.3) is 0 Å². The monoisotopic (exact) mass is 125 g/mol. The van der Waals surface area contributed by atoms with Gasteiger partial charge in [0, 0.05) is 12.1 Å². The van der Waals surface area contributed by atoms with Crippen LogP contribution in [-0.2, 0) is 0 Å². The molecule has 52 valence electrons. The first-order chi connectivity index (χ1) is 4.11. The lowest BCUT2D eigenvalue weighted by Gasteiger charge is -2.31. The van der Waals surface area contributed by atoms with Gasteiger partial charge in [-0.25, -0.2) is 0 Å². The van der Waals surface area contributed by atoms with Crippen LogP contribution in [0.3, 0.4) is 0 Å². The molecule has 1 rings (SSSR count). The standard InChI is InChI=1S/C8H15N/c1-8(2,3)9-6-4-5-7-9/h4,6H,5,7H2,1-3H3. The van der Waals surface area contributed by atoms with Gasteiger partial charge in [-0.2, -0.15) is 0 Å². The predicted molar refractivity (Wildman–Crippen MR) is 40.2 cm³/mol. The third-order valence-electron chi connectivity index (χ3n) is 1.68. The summed E-state index contributed by atoms with van der Waals surface area (Å²) in [5.74, 6) is 0. The van der Waals surface area contributed by atoms with E-state index in [-0.39, 0.29) is 0 Å². The van der Waals surface area contributed by atoms with E-state index >= 15 is 0 Å². The average molecular weight is 125 g/mol. The van der Waals surface area contributed by atoms with Crippen LogP contribution in [0.5, 0.6) is 0 Å². The second-order valence-corrected chi connectivity index (χ2v) is 3.54. The van der Waals surface area contributed by atoms with E-state index in [4.69, 9.17) is 0 Å². The maximum absolute atomic E-state index is 2.37. The molecule has 0 aromatic heterocycles. The normalized spacial score (nSPS) is 19.2. The fraction of sp³-hybridized carbons (Fsp3) is 0.750. The highest BCUT2D eigenvalue weighted by Gasteiger charge is 2.18. The van der Waals surface area contributed by atoms with Crippen molar-refractivity contribution in [1.82, 2.24) is 4.90 Å². The Hall–Kier alpha value is -0.460. The molecule has 0 N–H and O–H groups in total. The summed E-state index contributed by atoms with van der Waals surface area (Å²) in [7, 11) is 0. The molecule has 1 aliphatic heterocycles. The van der Waals surface area contributed by atoms with Crippen LogP contribution < -0.4 is 0 Å². The zero-order valence-electron chi connectivity index (χ0n) is 6.52. The average Bonchev–Trinajstić information content (AvgIpc) is 2.08. The first-order valence-electron chi connectivity index (χ1n) is 3.54. The van der Waals surface area contributed by atoms with E-state index in [1.165, 1.54) is 13.0 Å². The molecule has 0 fully saturated rings. The van der Waals surface area contributed by atoms with E-state index in [0.717, 1.165) is 0 Å². The minimum atomic E-state index is 0.326. The fourth-order valence-electron chi connectivity index (χ4n) is 1.05. The van der Waals surface area contributed by atoms with Crippen molar-refractivity contribution >= 4 is 0 Å². The van der Waals surface area contributed by atoms with Crippen LogP contribution in [0.2, 0.25) is 0 Å². The Kier molecular flexibility index (Phi) is 1.52. The van der Waals surface area contributed by atoms with Gasteiger partial charge in [-0.15, -0.1) is 0 Å². The molecular weight excluding hydrogens is 110 g/mol. The smallest absolute Gasteiger partial charge is 0.0312 e. The van der Waals surface area contributed by atoms with Crippen molar-refractivity contribution in [3.05, 3.63) is 12.3 Å². The molecule has 0 atom stereocenters. The molecule has 1 heteroatoms. The van der Waals surface area contributed by atoms with Gasteiger partial charge in [-0.1, -0.05) is 6.08 Å². The lowest BCUT2D eigenvalue weighted by Crippen LogP contribution is -2.35. The largest absolute Gasteiger partial charge is 0.373 e. The van der Waals surface area contributed by atoms with Crippen molar-refractivity contribution in [3.8, 4) is 0 Å². The van der Waals surface area contributed by atoms with Gasteiger partial charge in [0.05, 0.1) is 0 Å². The van der Waals surface area contributed by atoms with Gasteiger partial charge >= 0.3 is 0 Å². The molecule has 0 amide bonds. The molecule has 0 aromatic carbocycles. The van der Waals surface area contributed by atoms with E-state index in [1.807, 2.05) is 0 Å². The van der Waals surface area contributed by atoms with Crippen LogP contribution in [0.4, 0.5) is 0 Å². The first-order valence-corrected chi connectivity index (χ1v) is 3.54. The minimum Gasteiger partial charge on any atom is -0.373 e. The van der Waals surface area contributed by atoms with Crippen molar-refractivity contribution in [2.75, 3.05) is 6.54 Å². The van der Waals surface area contributed by atoms with Crippen molar-refractivity contribution in [3.63, 3.8) is 0 Å². The SMILES string of the molecule is CC(C)(C)N1C=CCC1. The first kappa shape index (κ1) is 6.66. The van der Waals surface area contributed by atoms with Crippen molar-refractivity contribution in [2.45, 2.75) is 32.7 Å². The molecule has 0 bridgehead atoms. The number of nitrogens with zero attached hydrogens (tertiary/aromatic N) is 1. The maximum Gasteiger partial charge on any atom is 0.0312 e. The van der Waals surface area contributed by atoms with Crippen molar-refractivity contribution < 1.29 is 0 Å². The van der Waals surface area contributed by atoms with Crippen molar-refractivity contribution in [2.24, 2.45) is 0 Å². The summed E-state index contributed by atoms with van der Waals surface area (Å²) in [6.45, 7) is 7.91. The Morgan fingerprint density at radius 1 is 1.33 bits per heavy atom. The second kappa shape index (κ2) is 2.05. The van der Waals surface area contributed by atoms with Crippen LogP contribution in [0.1, 0.15) is 27.2 Å². The summed E-state index contributed by atoms with van der Waals surface area (Å²) in [5, 5.41) is 0. The third kappa shape index (κ3) is 1.47. The lowest BCUT2D eigenvalue weighted by atomic mass is 10.1. The van der Waals surface area contributed by atoms with Gasteiger partial charge in [-0.3, -0.25) is 0 Å². The second-order valence-electron chi connectivity index (χ2n) is 3.54. The molecule has 1 aliphatic rings. The zero-order valence-corrected chi connectivity index (χ0v) is 6.52.